The second kappa shape index (κ2) is 9.37. The molecule has 10 atom stereocenters. The number of aliphatic hydroxyl groups is 2. The Bertz CT molecular complexity index is 1040. The van der Waals surface area contributed by atoms with Crippen molar-refractivity contribution >= 4 is 11.6 Å². The summed E-state index contributed by atoms with van der Waals surface area (Å²) >= 11 is 0. The number of benzene rings is 1. The summed E-state index contributed by atoms with van der Waals surface area (Å²) in [6, 6.07) is 6.52. The van der Waals surface area contributed by atoms with E-state index in [0.717, 1.165) is 50.8 Å². The van der Waals surface area contributed by atoms with E-state index in [-0.39, 0.29) is 23.0 Å². The highest BCUT2D eigenvalue weighted by atomic mass is 16.3. The third-order valence-corrected chi connectivity index (χ3v) is 12.7. The fourth-order valence-electron chi connectivity index (χ4n) is 10.6. The molecule has 2 N–H and O–H groups in total. The van der Waals surface area contributed by atoms with Crippen molar-refractivity contribution in [3.8, 4) is 0 Å². The van der Waals surface area contributed by atoms with Gasteiger partial charge < -0.3 is 15.1 Å². The number of carbonyl (C=O) groups excluding carboxylic acids is 1. The van der Waals surface area contributed by atoms with Crippen molar-refractivity contribution in [1.29, 1.82) is 0 Å². The molecule has 0 saturated heterocycles. The normalized spacial score (nSPS) is 43.5. The van der Waals surface area contributed by atoms with Crippen molar-refractivity contribution in [3.05, 3.63) is 29.3 Å². The molecular weight excluding hydrogens is 458 g/mol. The molecule has 0 aromatic heterocycles. The van der Waals surface area contributed by atoms with Crippen LogP contribution in [0.1, 0.15) is 96.1 Å². The molecule has 4 saturated carbocycles. The Kier molecular flexibility index (Phi) is 6.55. The summed E-state index contributed by atoms with van der Waals surface area (Å²) in [6.07, 6.45) is 11.0. The third kappa shape index (κ3) is 4.11. The largest absolute Gasteiger partial charge is 0.393 e. The molecule has 4 nitrogen and oxygen atoms in total. The number of hydrogen-bond donors (Lipinski definition) is 2. The lowest BCUT2D eigenvalue weighted by Gasteiger charge is -2.62. The van der Waals surface area contributed by atoms with Crippen LogP contribution in [0.25, 0.3) is 0 Å². The molecule has 5 aliphatic rings. The highest BCUT2D eigenvalue weighted by Gasteiger charge is 2.62. The van der Waals surface area contributed by atoms with E-state index in [0.29, 0.717) is 47.8 Å². The van der Waals surface area contributed by atoms with Crippen LogP contribution in [0.5, 0.6) is 0 Å². The van der Waals surface area contributed by atoms with Gasteiger partial charge in [-0.15, -0.1) is 0 Å². The van der Waals surface area contributed by atoms with Crippen LogP contribution >= 0.6 is 0 Å². The predicted molar refractivity (Wildman–Crippen MR) is 148 cm³/mol. The molecule has 0 bridgehead atoms. The Labute approximate surface area is 224 Å². The van der Waals surface area contributed by atoms with Gasteiger partial charge in [-0.3, -0.25) is 4.79 Å². The summed E-state index contributed by atoms with van der Waals surface area (Å²) in [4.78, 5) is 15.3. The van der Waals surface area contributed by atoms with Gasteiger partial charge in [0.15, 0.2) is 0 Å². The number of amides is 1. The Morgan fingerprint density at radius 2 is 1.81 bits per heavy atom. The van der Waals surface area contributed by atoms with Gasteiger partial charge in [0.1, 0.15) is 0 Å². The molecule has 37 heavy (non-hydrogen) atoms. The average molecular weight is 508 g/mol. The SMILES string of the molecule is Cc1ccc2c(c1)N(C(=O)CC[C@@H](C)[C@H]1CC[C@H]3[C@@H]4[C@H](O)C[C@@H]5C[C@H](O)CC[C@]5(C)[C@H]4CC[C@]13C)CC2. The number of aliphatic hydroxyl groups excluding tert-OH is 2. The fourth-order valence-corrected chi connectivity index (χ4v) is 10.6. The average Bonchev–Trinajstić information content (AvgIpc) is 3.44. The lowest BCUT2D eigenvalue weighted by atomic mass is 9.43. The molecule has 4 fully saturated rings. The highest BCUT2D eigenvalue weighted by Crippen LogP contribution is 2.68. The zero-order valence-corrected chi connectivity index (χ0v) is 23.6. The lowest BCUT2D eigenvalue weighted by Crippen LogP contribution is -2.58. The topological polar surface area (TPSA) is 60.8 Å². The minimum atomic E-state index is -0.215. The van der Waals surface area contributed by atoms with Crippen LogP contribution in [-0.4, -0.2) is 34.9 Å². The van der Waals surface area contributed by atoms with E-state index < -0.39 is 0 Å². The van der Waals surface area contributed by atoms with E-state index >= 15 is 0 Å². The highest BCUT2D eigenvalue weighted by molar-refractivity contribution is 5.95. The molecule has 6 rings (SSSR count). The number of anilines is 1. The fraction of sp³-hybridized carbons (Fsp3) is 0.788. The van der Waals surface area contributed by atoms with Crippen molar-refractivity contribution in [2.24, 2.45) is 46.3 Å². The number of aryl methyl sites for hydroxylation is 1. The first-order chi connectivity index (χ1) is 17.6. The van der Waals surface area contributed by atoms with E-state index in [1.54, 1.807) is 0 Å². The molecular formula is C33H49NO3. The Morgan fingerprint density at radius 1 is 1.05 bits per heavy atom. The molecule has 1 aromatic carbocycles. The van der Waals surface area contributed by atoms with Crippen molar-refractivity contribution in [2.45, 2.75) is 111 Å². The first-order valence-electron chi connectivity index (χ1n) is 15.4. The molecule has 204 valence electrons. The molecule has 1 aromatic rings. The quantitative estimate of drug-likeness (QED) is 0.503. The lowest BCUT2D eigenvalue weighted by molar-refractivity contribution is -0.174. The maximum absolute atomic E-state index is 13.3. The molecule has 1 amide bonds. The number of fused-ring (bicyclic) bond motifs is 6. The summed E-state index contributed by atoms with van der Waals surface area (Å²) in [7, 11) is 0. The minimum Gasteiger partial charge on any atom is -0.393 e. The van der Waals surface area contributed by atoms with Crippen LogP contribution in [0.4, 0.5) is 5.69 Å². The van der Waals surface area contributed by atoms with E-state index in [1.165, 1.54) is 36.8 Å². The predicted octanol–water partition coefficient (Wildman–Crippen LogP) is 6.29. The zero-order chi connectivity index (χ0) is 26.1. The number of hydrogen-bond acceptors (Lipinski definition) is 3. The van der Waals surface area contributed by atoms with Crippen LogP contribution < -0.4 is 4.90 Å². The molecule has 1 heterocycles. The van der Waals surface area contributed by atoms with Crippen LogP contribution in [0, 0.1) is 53.3 Å². The maximum Gasteiger partial charge on any atom is 0.227 e. The molecule has 0 spiro atoms. The molecule has 4 aliphatic carbocycles. The smallest absolute Gasteiger partial charge is 0.227 e. The van der Waals surface area contributed by atoms with Gasteiger partial charge in [-0.2, -0.15) is 0 Å². The van der Waals surface area contributed by atoms with Gasteiger partial charge in [-0.25, -0.2) is 0 Å². The summed E-state index contributed by atoms with van der Waals surface area (Å²) in [5.41, 5.74) is 4.23. The minimum absolute atomic E-state index is 0.173. The monoisotopic (exact) mass is 507 g/mol. The molecule has 4 heteroatoms. The van der Waals surface area contributed by atoms with E-state index in [4.69, 9.17) is 0 Å². The van der Waals surface area contributed by atoms with Gasteiger partial charge in [0.2, 0.25) is 5.91 Å². The summed E-state index contributed by atoms with van der Waals surface area (Å²) in [6.45, 7) is 10.4. The molecule has 0 radical (unpaired) electrons. The van der Waals surface area contributed by atoms with Crippen molar-refractivity contribution in [1.82, 2.24) is 0 Å². The van der Waals surface area contributed by atoms with Crippen LogP contribution in [0.3, 0.4) is 0 Å². The Hall–Kier alpha value is -1.39. The van der Waals surface area contributed by atoms with E-state index in [9.17, 15) is 15.0 Å². The summed E-state index contributed by atoms with van der Waals surface area (Å²) < 4.78 is 0. The van der Waals surface area contributed by atoms with E-state index in [2.05, 4.69) is 45.9 Å². The van der Waals surface area contributed by atoms with Crippen LogP contribution in [0.2, 0.25) is 0 Å². The number of carbonyl (C=O) groups is 1. The summed E-state index contributed by atoms with van der Waals surface area (Å²) in [5.74, 6) is 3.55. The van der Waals surface area contributed by atoms with Gasteiger partial charge in [-0.05, 0) is 135 Å². The number of rotatable bonds is 4. The standard InChI is InChI=1S/C33H49NO3/c1-20-5-7-22-13-16-34(28(22)17-20)30(37)10-6-21(2)25-8-9-26-31-27(12-15-33(25,26)4)32(3)14-11-24(35)18-23(32)19-29(31)36/h5,7,17,21,23-27,29,31,35-36H,6,8-16,18-19H2,1-4H3/t21-,23+,24-,25-,26+,27+,29-,31+,32+,33-/m1/s1. The van der Waals surface area contributed by atoms with Crippen molar-refractivity contribution in [2.75, 3.05) is 11.4 Å². The Morgan fingerprint density at radius 3 is 2.62 bits per heavy atom. The first kappa shape index (κ1) is 25.9. The first-order valence-corrected chi connectivity index (χ1v) is 15.4. The Balaban J connectivity index is 1.13. The number of nitrogens with zero attached hydrogens (tertiary/aromatic N) is 1. The zero-order valence-electron chi connectivity index (χ0n) is 23.6. The van der Waals surface area contributed by atoms with E-state index in [1.807, 2.05) is 4.90 Å². The van der Waals surface area contributed by atoms with Gasteiger partial charge in [-0.1, -0.05) is 32.9 Å². The van der Waals surface area contributed by atoms with Gasteiger partial charge in [0.05, 0.1) is 12.2 Å². The maximum atomic E-state index is 13.3. The summed E-state index contributed by atoms with van der Waals surface area (Å²) in [5, 5.41) is 21.8. The second-order valence-corrected chi connectivity index (χ2v) is 14.4. The molecule has 0 unspecified atom stereocenters. The van der Waals surface area contributed by atoms with Crippen LogP contribution in [-0.2, 0) is 11.2 Å². The van der Waals surface area contributed by atoms with Gasteiger partial charge in [0.25, 0.3) is 0 Å². The van der Waals surface area contributed by atoms with Gasteiger partial charge in [0, 0.05) is 18.7 Å². The van der Waals surface area contributed by atoms with Crippen molar-refractivity contribution in [3.63, 3.8) is 0 Å². The van der Waals surface area contributed by atoms with Crippen LogP contribution in [0.15, 0.2) is 18.2 Å². The molecule has 1 aliphatic heterocycles. The van der Waals surface area contributed by atoms with Crippen molar-refractivity contribution < 1.29 is 15.0 Å². The van der Waals surface area contributed by atoms with Gasteiger partial charge >= 0.3 is 0 Å². The second-order valence-electron chi connectivity index (χ2n) is 14.4. The third-order valence-electron chi connectivity index (χ3n) is 12.7.